The molecule has 0 aromatic carbocycles. The SMILES string of the molecule is CC1CCCC(N(C)c2cnc(CN)cn2)C1. The van der Waals surface area contributed by atoms with Crippen LogP contribution >= 0.6 is 0 Å². The topological polar surface area (TPSA) is 55.0 Å². The molecule has 1 aliphatic carbocycles. The van der Waals surface area contributed by atoms with Crippen molar-refractivity contribution in [3.05, 3.63) is 18.1 Å². The summed E-state index contributed by atoms with van der Waals surface area (Å²) in [5, 5.41) is 0. The number of anilines is 1. The molecular formula is C13H22N4. The summed E-state index contributed by atoms with van der Waals surface area (Å²) >= 11 is 0. The van der Waals surface area contributed by atoms with Crippen LogP contribution in [0.25, 0.3) is 0 Å². The van der Waals surface area contributed by atoms with Gasteiger partial charge in [0.15, 0.2) is 0 Å². The summed E-state index contributed by atoms with van der Waals surface area (Å²) in [5.41, 5.74) is 6.37. The first-order chi connectivity index (χ1) is 8.20. The molecule has 1 aliphatic rings. The Kier molecular flexibility index (Phi) is 3.94. The normalized spacial score (nSPS) is 24.6. The van der Waals surface area contributed by atoms with Gasteiger partial charge in [0.05, 0.1) is 18.1 Å². The minimum Gasteiger partial charge on any atom is -0.355 e. The Morgan fingerprint density at radius 3 is 2.76 bits per heavy atom. The van der Waals surface area contributed by atoms with Crippen LogP contribution in [0.15, 0.2) is 12.4 Å². The fourth-order valence-electron chi connectivity index (χ4n) is 2.58. The van der Waals surface area contributed by atoms with E-state index in [1.54, 1.807) is 6.20 Å². The average Bonchev–Trinajstić information content (AvgIpc) is 2.38. The molecule has 1 fully saturated rings. The largest absolute Gasteiger partial charge is 0.355 e. The van der Waals surface area contributed by atoms with Crippen molar-refractivity contribution < 1.29 is 0 Å². The molecule has 94 valence electrons. The number of hydrogen-bond acceptors (Lipinski definition) is 4. The van der Waals surface area contributed by atoms with Crippen molar-refractivity contribution in [2.24, 2.45) is 11.7 Å². The molecule has 0 spiro atoms. The van der Waals surface area contributed by atoms with Crippen LogP contribution in [-0.4, -0.2) is 23.1 Å². The average molecular weight is 234 g/mol. The lowest BCUT2D eigenvalue weighted by molar-refractivity contribution is 0.335. The van der Waals surface area contributed by atoms with Crippen LogP contribution in [0.3, 0.4) is 0 Å². The Bertz CT molecular complexity index is 349. The predicted molar refractivity (Wildman–Crippen MR) is 69.7 cm³/mol. The van der Waals surface area contributed by atoms with Crippen LogP contribution in [0.2, 0.25) is 0 Å². The molecule has 0 bridgehead atoms. The minimum absolute atomic E-state index is 0.456. The second-order valence-electron chi connectivity index (χ2n) is 5.11. The lowest BCUT2D eigenvalue weighted by Gasteiger charge is -2.34. The van der Waals surface area contributed by atoms with Crippen molar-refractivity contribution in [3.8, 4) is 0 Å². The van der Waals surface area contributed by atoms with Crippen molar-refractivity contribution >= 4 is 5.82 Å². The van der Waals surface area contributed by atoms with E-state index in [1.807, 2.05) is 6.20 Å². The fraction of sp³-hybridized carbons (Fsp3) is 0.692. The van der Waals surface area contributed by atoms with Crippen LogP contribution < -0.4 is 10.6 Å². The smallest absolute Gasteiger partial charge is 0.147 e. The summed E-state index contributed by atoms with van der Waals surface area (Å²) in [6, 6.07) is 0.608. The van der Waals surface area contributed by atoms with E-state index in [1.165, 1.54) is 25.7 Å². The van der Waals surface area contributed by atoms with Crippen molar-refractivity contribution in [2.75, 3.05) is 11.9 Å². The number of rotatable bonds is 3. The molecule has 2 unspecified atom stereocenters. The van der Waals surface area contributed by atoms with E-state index in [-0.39, 0.29) is 0 Å². The highest BCUT2D eigenvalue weighted by molar-refractivity contribution is 5.36. The van der Waals surface area contributed by atoms with Gasteiger partial charge in [-0.15, -0.1) is 0 Å². The Labute approximate surface area is 103 Å². The van der Waals surface area contributed by atoms with Crippen LogP contribution in [0.1, 0.15) is 38.3 Å². The molecule has 2 N–H and O–H groups in total. The van der Waals surface area contributed by atoms with Gasteiger partial charge in [0.25, 0.3) is 0 Å². The van der Waals surface area contributed by atoms with Crippen LogP contribution in [0, 0.1) is 5.92 Å². The molecule has 17 heavy (non-hydrogen) atoms. The molecule has 0 radical (unpaired) electrons. The van der Waals surface area contributed by atoms with E-state index < -0.39 is 0 Å². The molecule has 1 aromatic heterocycles. The molecule has 4 nitrogen and oxygen atoms in total. The number of aromatic nitrogens is 2. The van der Waals surface area contributed by atoms with Gasteiger partial charge in [-0.05, 0) is 18.8 Å². The van der Waals surface area contributed by atoms with Crippen LogP contribution in [-0.2, 0) is 6.54 Å². The molecule has 2 atom stereocenters. The molecule has 1 heterocycles. The zero-order chi connectivity index (χ0) is 12.3. The van der Waals surface area contributed by atoms with Gasteiger partial charge in [-0.25, -0.2) is 4.98 Å². The Balaban J connectivity index is 2.04. The number of hydrogen-bond donors (Lipinski definition) is 1. The van der Waals surface area contributed by atoms with Gasteiger partial charge < -0.3 is 10.6 Å². The van der Waals surface area contributed by atoms with Crippen molar-refractivity contribution in [3.63, 3.8) is 0 Å². The van der Waals surface area contributed by atoms with Crippen LogP contribution in [0.4, 0.5) is 5.82 Å². The summed E-state index contributed by atoms with van der Waals surface area (Å²) in [6.45, 7) is 2.79. The number of nitrogens with two attached hydrogens (primary N) is 1. The van der Waals surface area contributed by atoms with Crippen molar-refractivity contribution in [1.82, 2.24) is 9.97 Å². The van der Waals surface area contributed by atoms with Gasteiger partial charge in [-0.2, -0.15) is 0 Å². The summed E-state index contributed by atoms with van der Waals surface area (Å²) in [4.78, 5) is 11.0. The highest BCUT2D eigenvalue weighted by atomic mass is 15.2. The Morgan fingerprint density at radius 1 is 1.35 bits per heavy atom. The third-order valence-corrected chi connectivity index (χ3v) is 3.72. The predicted octanol–water partition coefficient (Wildman–Crippen LogP) is 1.95. The van der Waals surface area contributed by atoms with Gasteiger partial charge in [0, 0.05) is 19.6 Å². The van der Waals surface area contributed by atoms with Gasteiger partial charge in [0.1, 0.15) is 5.82 Å². The molecule has 4 heteroatoms. The minimum atomic E-state index is 0.456. The number of nitrogens with zero attached hydrogens (tertiary/aromatic N) is 3. The van der Waals surface area contributed by atoms with Crippen molar-refractivity contribution in [1.29, 1.82) is 0 Å². The lowest BCUT2D eigenvalue weighted by Crippen LogP contribution is -2.36. The maximum atomic E-state index is 5.52. The highest BCUT2D eigenvalue weighted by Gasteiger charge is 2.23. The quantitative estimate of drug-likeness (QED) is 0.868. The van der Waals surface area contributed by atoms with Gasteiger partial charge in [0.2, 0.25) is 0 Å². The first-order valence-electron chi connectivity index (χ1n) is 6.44. The lowest BCUT2D eigenvalue weighted by atomic mass is 9.86. The summed E-state index contributed by atoms with van der Waals surface area (Å²) in [6.07, 6.45) is 8.82. The zero-order valence-corrected chi connectivity index (χ0v) is 10.8. The second kappa shape index (κ2) is 5.45. The molecule has 0 saturated heterocycles. The maximum absolute atomic E-state index is 5.52. The molecule has 2 rings (SSSR count). The van der Waals surface area contributed by atoms with Gasteiger partial charge >= 0.3 is 0 Å². The molecular weight excluding hydrogens is 212 g/mol. The first-order valence-corrected chi connectivity index (χ1v) is 6.44. The monoisotopic (exact) mass is 234 g/mol. The summed E-state index contributed by atoms with van der Waals surface area (Å²) in [7, 11) is 2.12. The molecule has 0 amide bonds. The molecule has 1 saturated carbocycles. The van der Waals surface area contributed by atoms with E-state index in [9.17, 15) is 0 Å². The Hall–Kier alpha value is -1.16. The molecule has 1 aromatic rings. The summed E-state index contributed by atoms with van der Waals surface area (Å²) < 4.78 is 0. The third-order valence-electron chi connectivity index (χ3n) is 3.72. The van der Waals surface area contributed by atoms with Crippen molar-refractivity contribution in [2.45, 2.75) is 45.2 Å². The molecule has 0 aliphatic heterocycles. The second-order valence-corrected chi connectivity index (χ2v) is 5.11. The maximum Gasteiger partial charge on any atom is 0.147 e. The van der Waals surface area contributed by atoms with E-state index >= 15 is 0 Å². The fourth-order valence-corrected chi connectivity index (χ4v) is 2.58. The zero-order valence-electron chi connectivity index (χ0n) is 10.8. The Morgan fingerprint density at radius 2 is 2.18 bits per heavy atom. The van der Waals surface area contributed by atoms with Gasteiger partial charge in [-0.3, -0.25) is 4.98 Å². The van der Waals surface area contributed by atoms with Gasteiger partial charge in [-0.1, -0.05) is 19.8 Å². The van der Waals surface area contributed by atoms with E-state index in [2.05, 4.69) is 28.8 Å². The van der Waals surface area contributed by atoms with E-state index in [0.717, 1.165) is 17.4 Å². The summed E-state index contributed by atoms with van der Waals surface area (Å²) in [5.74, 6) is 1.79. The van der Waals surface area contributed by atoms with E-state index in [4.69, 9.17) is 5.73 Å². The first kappa shape index (κ1) is 12.3. The van der Waals surface area contributed by atoms with Crippen LogP contribution in [0.5, 0.6) is 0 Å². The standard InChI is InChI=1S/C13H22N4/c1-10-4-3-5-12(6-10)17(2)13-9-15-11(7-14)8-16-13/h8-10,12H,3-7,14H2,1-2H3. The highest BCUT2D eigenvalue weighted by Crippen LogP contribution is 2.28. The third kappa shape index (κ3) is 2.94. The van der Waals surface area contributed by atoms with E-state index in [0.29, 0.717) is 12.6 Å².